The van der Waals surface area contributed by atoms with Gasteiger partial charge in [0.1, 0.15) is 17.5 Å². The van der Waals surface area contributed by atoms with Crippen LogP contribution in [0.5, 0.6) is 0 Å². The topological polar surface area (TPSA) is 81.0 Å². The first-order valence-corrected chi connectivity index (χ1v) is 10.5. The molecule has 1 amide bonds. The first kappa shape index (κ1) is 24.4. The molecule has 6 nitrogen and oxygen atoms in total. The zero-order valence-corrected chi connectivity index (χ0v) is 18.6. The predicted molar refractivity (Wildman–Crippen MR) is 116 cm³/mol. The van der Waals surface area contributed by atoms with Crippen molar-refractivity contribution in [2.75, 3.05) is 31.1 Å². The van der Waals surface area contributed by atoms with Gasteiger partial charge in [-0.2, -0.15) is 18.4 Å². The molecule has 34 heavy (non-hydrogen) atoms. The molecule has 1 saturated carbocycles. The summed E-state index contributed by atoms with van der Waals surface area (Å²) in [5, 5.41) is 14.8. The van der Waals surface area contributed by atoms with Gasteiger partial charge in [-0.15, -0.1) is 12.4 Å². The van der Waals surface area contributed by atoms with E-state index in [-0.39, 0.29) is 37.6 Å². The van der Waals surface area contributed by atoms with Crippen LogP contribution < -0.4 is 15.5 Å². The Morgan fingerprint density at radius 2 is 2.03 bits per heavy atom. The van der Waals surface area contributed by atoms with E-state index in [1.807, 2.05) is 6.07 Å². The predicted octanol–water partition coefficient (Wildman–Crippen LogP) is 3.40. The lowest BCUT2D eigenvalue weighted by molar-refractivity contribution is -0.192. The molecule has 3 aliphatic rings. The molecule has 1 aliphatic carbocycles. The van der Waals surface area contributed by atoms with Gasteiger partial charge in [0.2, 0.25) is 5.91 Å². The van der Waals surface area contributed by atoms with Crippen LogP contribution in [0.3, 0.4) is 0 Å². The minimum Gasteiger partial charge on any atom is -0.369 e. The Labute approximate surface area is 197 Å². The van der Waals surface area contributed by atoms with Crippen molar-refractivity contribution >= 4 is 34.9 Å². The maximum absolute atomic E-state index is 14.3. The van der Waals surface area contributed by atoms with E-state index in [0.717, 1.165) is 0 Å². The highest BCUT2D eigenvalue weighted by Crippen LogP contribution is 2.75. The lowest BCUT2D eigenvalue weighted by atomic mass is 9.93. The third kappa shape index (κ3) is 3.38. The van der Waals surface area contributed by atoms with Gasteiger partial charge in [-0.05, 0) is 30.7 Å². The summed E-state index contributed by atoms with van der Waals surface area (Å²) in [5.74, 6) is -4.19. The highest BCUT2D eigenvalue weighted by molar-refractivity contribution is 5.97. The molecule has 0 spiro atoms. The number of piperidine rings is 2. The van der Waals surface area contributed by atoms with Gasteiger partial charge in [-0.1, -0.05) is 0 Å². The fraction of sp³-hybridized carbons (Fsp3) is 0.500. The lowest BCUT2D eigenvalue weighted by Gasteiger charge is -2.33. The zero-order chi connectivity index (χ0) is 23.6. The van der Waals surface area contributed by atoms with E-state index in [0.29, 0.717) is 16.6 Å². The van der Waals surface area contributed by atoms with Crippen molar-refractivity contribution in [1.82, 2.24) is 15.6 Å². The van der Waals surface area contributed by atoms with E-state index in [1.54, 1.807) is 18.2 Å². The largest absolute Gasteiger partial charge is 0.397 e. The van der Waals surface area contributed by atoms with E-state index in [2.05, 4.69) is 15.6 Å². The minimum atomic E-state index is -4.69. The van der Waals surface area contributed by atoms with Crippen molar-refractivity contribution in [3.8, 4) is 6.07 Å². The summed E-state index contributed by atoms with van der Waals surface area (Å²) in [7, 11) is 0. The molecule has 5 rings (SSSR count). The van der Waals surface area contributed by atoms with Crippen LogP contribution in [0.1, 0.15) is 18.4 Å². The van der Waals surface area contributed by atoms with Crippen LogP contribution in [0, 0.1) is 22.2 Å². The number of pyridine rings is 1. The van der Waals surface area contributed by atoms with Gasteiger partial charge >= 0.3 is 6.18 Å². The Bertz CT molecular complexity index is 1180. The van der Waals surface area contributed by atoms with Crippen molar-refractivity contribution in [3.05, 3.63) is 36.0 Å². The second-order valence-electron chi connectivity index (χ2n) is 9.08. The molecule has 2 N–H and O–H groups in total. The minimum absolute atomic E-state index is 0. The molecular formula is C22H21ClF5N5O. The van der Waals surface area contributed by atoms with Crippen molar-refractivity contribution in [1.29, 1.82) is 5.26 Å². The quantitative estimate of drug-likeness (QED) is 0.630. The molecule has 1 aromatic heterocycles. The number of hydrogen-bond donors (Lipinski definition) is 2. The Balaban J connectivity index is 0.00000274. The van der Waals surface area contributed by atoms with Gasteiger partial charge in [0.25, 0.3) is 5.92 Å². The number of halogens is 6. The molecule has 0 radical (unpaired) electrons. The number of aromatic nitrogens is 1. The van der Waals surface area contributed by atoms with Gasteiger partial charge < -0.3 is 15.5 Å². The average Bonchev–Trinajstić information content (AvgIpc) is 3.32. The first-order chi connectivity index (χ1) is 15.5. The SMILES string of the molecule is Cl.N#Cc1ccc(N2C[C@@]3(C(=O)N[C@H]4CNCCC4(F)F)C[C@@]3(C(F)(F)F)C2)c2cccnc12. The Morgan fingerprint density at radius 1 is 1.26 bits per heavy atom. The standard InChI is InChI=1S/C22H20F5N5O.ClH/c23-21(24)5-7-29-9-16(21)31-18(33)19-10-20(19,22(25,26)27)12-32(11-19)15-4-3-13(8-28)17-14(15)2-1-6-30-17;/h1-4,6,16,29H,5,7,9-12H2,(H,31,33);1H/t16-,19+,20+;/m0./s1. The third-order valence-corrected chi connectivity index (χ3v) is 7.30. The number of benzene rings is 1. The highest BCUT2D eigenvalue weighted by atomic mass is 35.5. The Hall–Kier alpha value is -2.71. The number of nitriles is 1. The number of alkyl halides is 5. The second kappa shape index (κ2) is 7.92. The van der Waals surface area contributed by atoms with Crippen LogP contribution in [-0.2, 0) is 4.79 Å². The number of hydrogen-bond acceptors (Lipinski definition) is 5. The third-order valence-electron chi connectivity index (χ3n) is 7.30. The van der Waals surface area contributed by atoms with Crippen LogP contribution in [0.15, 0.2) is 30.5 Å². The monoisotopic (exact) mass is 501 g/mol. The number of carbonyl (C=O) groups is 1. The summed E-state index contributed by atoms with van der Waals surface area (Å²) >= 11 is 0. The molecule has 2 saturated heterocycles. The molecular weight excluding hydrogens is 481 g/mol. The molecule has 0 unspecified atom stereocenters. The Morgan fingerprint density at radius 3 is 2.71 bits per heavy atom. The van der Waals surface area contributed by atoms with Crippen molar-refractivity contribution in [2.24, 2.45) is 10.8 Å². The van der Waals surface area contributed by atoms with E-state index in [1.165, 1.54) is 17.2 Å². The molecule has 2 aliphatic heterocycles. The average molecular weight is 502 g/mol. The number of anilines is 1. The summed E-state index contributed by atoms with van der Waals surface area (Å²) in [4.78, 5) is 18.7. The zero-order valence-electron chi connectivity index (χ0n) is 17.8. The summed E-state index contributed by atoms with van der Waals surface area (Å²) in [6.45, 7) is -0.868. The molecule has 0 bridgehead atoms. The number of amides is 1. The molecule has 2 aromatic rings. The number of fused-ring (bicyclic) bond motifs is 2. The molecule has 3 fully saturated rings. The summed E-state index contributed by atoms with van der Waals surface area (Å²) < 4.78 is 71.2. The fourth-order valence-electron chi connectivity index (χ4n) is 5.40. The molecule has 3 atom stereocenters. The van der Waals surface area contributed by atoms with E-state index in [4.69, 9.17) is 0 Å². The van der Waals surface area contributed by atoms with E-state index < -0.39 is 54.3 Å². The fourth-order valence-corrected chi connectivity index (χ4v) is 5.40. The molecule has 1 aromatic carbocycles. The van der Waals surface area contributed by atoms with Crippen LogP contribution in [0.2, 0.25) is 0 Å². The van der Waals surface area contributed by atoms with Gasteiger partial charge in [0.15, 0.2) is 0 Å². The first-order valence-electron chi connectivity index (χ1n) is 10.5. The smallest absolute Gasteiger partial charge is 0.369 e. The Kier molecular flexibility index (Phi) is 5.69. The summed E-state index contributed by atoms with van der Waals surface area (Å²) in [6, 6.07) is 6.75. The van der Waals surface area contributed by atoms with Crippen LogP contribution in [0.4, 0.5) is 27.6 Å². The lowest BCUT2D eigenvalue weighted by Crippen LogP contribution is -2.59. The molecule has 3 heterocycles. The van der Waals surface area contributed by atoms with Crippen LogP contribution in [-0.4, -0.2) is 55.2 Å². The van der Waals surface area contributed by atoms with Crippen LogP contribution >= 0.6 is 12.4 Å². The number of rotatable bonds is 3. The highest BCUT2D eigenvalue weighted by Gasteiger charge is 2.86. The normalized spacial score (nSPS) is 29.6. The molecule has 182 valence electrons. The maximum Gasteiger partial charge on any atom is 0.397 e. The van der Waals surface area contributed by atoms with Gasteiger partial charge in [0.05, 0.1) is 16.5 Å². The van der Waals surface area contributed by atoms with Gasteiger partial charge in [-0.25, -0.2) is 8.78 Å². The number of nitrogens with one attached hydrogen (secondary N) is 2. The summed E-state index contributed by atoms with van der Waals surface area (Å²) in [6.07, 6.45) is -4.14. The summed E-state index contributed by atoms with van der Waals surface area (Å²) in [5.41, 5.74) is -3.11. The number of carbonyl (C=O) groups excluding carboxylic acids is 1. The van der Waals surface area contributed by atoms with E-state index >= 15 is 0 Å². The second-order valence-corrected chi connectivity index (χ2v) is 9.08. The van der Waals surface area contributed by atoms with Crippen LogP contribution in [0.25, 0.3) is 10.9 Å². The number of nitrogens with zero attached hydrogens (tertiary/aromatic N) is 3. The molecule has 12 heteroatoms. The van der Waals surface area contributed by atoms with E-state index in [9.17, 15) is 32.0 Å². The van der Waals surface area contributed by atoms with Crippen molar-refractivity contribution in [3.63, 3.8) is 0 Å². The van der Waals surface area contributed by atoms with Gasteiger partial charge in [-0.3, -0.25) is 9.78 Å². The van der Waals surface area contributed by atoms with Crippen molar-refractivity contribution in [2.45, 2.75) is 31.0 Å². The van der Waals surface area contributed by atoms with Gasteiger partial charge in [0, 0.05) is 49.9 Å². The van der Waals surface area contributed by atoms with Crippen molar-refractivity contribution < 1.29 is 26.7 Å². The maximum atomic E-state index is 14.3.